The van der Waals surface area contributed by atoms with Crippen molar-refractivity contribution in [3.05, 3.63) is 35.9 Å². The molecule has 1 fully saturated rings. The van der Waals surface area contributed by atoms with Crippen molar-refractivity contribution >= 4 is 10.9 Å². The van der Waals surface area contributed by atoms with E-state index < -0.39 is 0 Å². The standard InChI is InChI=1S/C16H17N3O/c1-19(13-6-7-13)8-9-20-16-10-12(11-17)14-4-2-3-5-15(14)18-16/h2-5,10,13H,6-9H2,1H3. The van der Waals surface area contributed by atoms with Crippen molar-refractivity contribution in [2.45, 2.75) is 18.9 Å². The second-order valence-corrected chi connectivity index (χ2v) is 5.20. The van der Waals surface area contributed by atoms with E-state index >= 15 is 0 Å². The van der Waals surface area contributed by atoms with Gasteiger partial charge in [0.2, 0.25) is 5.88 Å². The van der Waals surface area contributed by atoms with E-state index in [0.29, 0.717) is 18.1 Å². The number of ether oxygens (including phenoxy) is 1. The molecule has 1 aliphatic rings. The highest BCUT2D eigenvalue weighted by Gasteiger charge is 2.25. The maximum Gasteiger partial charge on any atom is 0.215 e. The number of hydrogen-bond acceptors (Lipinski definition) is 4. The number of hydrogen-bond donors (Lipinski definition) is 0. The smallest absolute Gasteiger partial charge is 0.215 e. The Bertz CT molecular complexity index is 658. The average Bonchev–Trinajstić information content (AvgIpc) is 3.31. The molecular weight excluding hydrogens is 250 g/mol. The maximum absolute atomic E-state index is 9.21. The van der Waals surface area contributed by atoms with Gasteiger partial charge in [0, 0.05) is 24.0 Å². The lowest BCUT2D eigenvalue weighted by atomic mass is 10.1. The fourth-order valence-corrected chi connectivity index (χ4v) is 2.31. The summed E-state index contributed by atoms with van der Waals surface area (Å²) in [4.78, 5) is 6.76. The minimum Gasteiger partial charge on any atom is -0.476 e. The first-order valence-corrected chi connectivity index (χ1v) is 6.91. The third-order valence-electron chi connectivity index (χ3n) is 3.68. The molecule has 102 valence electrons. The molecule has 1 heterocycles. The molecule has 0 spiro atoms. The van der Waals surface area contributed by atoms with Gasteiger partial charge in [-0.05, 0) is 26.0 Å². The Morgan fingerprint density at radius 3 is 2.95 bits per heavy atom. The van der Waals surface area contributed by atoms with Gasteiger partial charge in [0.15, 0.2) is 0 Å². The first-order valence-electron chi connectivity index (χ1n) is 6.91. The molecule has 3 rings (SSSR count). The molecule has 0 amide bonds. The van der Waals surface area contributed by atoms with Crippen molar-refractivity contribution in [3.8, 4) is 11.9 Å². The summed E-state index contributed by atoms with van der Waals surface area (Å²) in [5, 5.41) is 10.1. The van der Waals surface area contributed by atoms with Crippen LogP contribution in [0.5, 0.6) is 5.88 Å². The second kappa shape index (κ2) is 5.48. The largest absolute Gasteiger partial charge is 0.476 e. The van der Waals surface area contributed by atoms with Crippen molar-refractivity contribution in [1.82, 2.24) is 9.88 Å². The van der Waals surface area contributed by atoms with Gasteiger partial charge in [-0.25, -0.2) is 4.98 Å². The van der Waals surface area contributed by atoms with E-state index in [9.17, 15) is 5.26 Å². The normalized spacial score (nSPS) is 14.4. The minimum absolute atomic E-state index is 0.532. The van der Waals surface area contributed by atoms with E-state index in [0.717, 1.165) is 23.5 Å². The SMILES string of the molecule is CN(CCOc1cc(C#N)c2ccccc2n1)C1CC1. The predicted octanol–water partition coefficient (Wildman–Crippen LogP) is 2.58. The Morgan fingerprint density at radius 1 is 1.40 bits per heavy atom. The van der Waals surface area contributed by atoms with Gasteiger partial charge in [-0.1, -0.05) is 18.2 Å². The minimum atomic E-state index is 0.532. The maximum atomic E-state index is 9.21. The fourth-order valence-electron chi connectivity index (χ4n) is 2.31. The highest BCUT2D eigenvalue weighted by molar-refractivity contribution is 5.85. The Hall–Kier alpha value is -2.12. The lowest BCUT2D eigenvalue weighted by molar-refractivity contribution is 0.227. The van der Waals surface area contributed by atoms with Gasteiger partial charge < -0.3 is 9.64 Å². The summed E-state index contributed by atoms with van der Waals surface area (Å²) in [6.07, 6.45) is 2.59. The van der Waals surface area contributed by atoms with Crippen LogP contribution < -0.4 is 4.74 Å². The van der Waals surface area contributed by atoms with Crippen molar-refractivity contribution in [2.24, 2.45) is 0 Å². The second-order valence-electron chi connectivity index (χ2n) is 5.20. The van der Waals surface area contributed by atoms with Crippen molar-refractivity contribution < 1.29 is 4.74 Å². The van der Waals surface area contributed by atoms with E-state index in [2.05, 4.69) is 23.0 Å². The van der Waals surface area contributed by atoms with E-state index in [4.69, 9.17) is 4.74 Å². The number of fused-ring (bicyclic) bond motifs is 1. The molecule has 4 nitrogen and oxygen atoms in total. The van der Waals surface area contributed by atoms with Gasteiger partial charge in [0.1, 0.15) is 12.7 Å². The highest BCUT2D eigenvalue weighted by atomic mass is 16.5. The summed E-state index contributed by atoms with van der Waals surface area (Å²) in [6.45, 7) is 1.49. The third-order valence-corrected chi connectivity index (χ3v) is 3.68. The van der Waals surface area contributed by atoms with E-state index in [1.54, 1.807) is 6.07 Å². The van der Waals surface area contributed by atoms with Gasteiger partial charge >= 0.3 is 0 Å². The number of rotatable bonds is 5. The zero-order valence-electron chi connectivity index (χ0n) is 11.5. The molecule has 0 saturated heterocycles. The number of benzene rings is 1. The van der Waals surface area contributed by atoms with Crippen LogP contribution in [0.2, 0.25) is 0 Å². The summed E-state index contributed by atoms with van der Waals surface area (Å²) in [7, 11) is 2.12. The summed E-state index contributed by atoms with van der Waals surface area (Å²) in [5.74, 6) is 0.532. The Labute approximate surface area is 118 Å². The van der Waals surface area contributed by atoms with Crippen LogP contribution in [-0.4, -0.2) is 36.1 Å². The third kappa shape index (κ3) is 2.73. The van der Waals surface area contributed by atoms with Crippen LogP contribution in [0.3, 0.4) is 0 Å². The van der Waals surface area contributed by atoms with Crippen LogP contribution in [0, 0.1) is 11.3 Å². The summed E-state index contributed by atoms with van der Waals surface area (Å²) >= 11 is 0. The number of nitrogens with zero attached hydrogens (tertiary/aromatic N) is 3. The molecule has 20 heavy (non-hydrogen) atoms. The fraction of sp³-hybridized carbons (Fsp3) is 0.375. The molecule has 0 aliphatic heterocycles. The van der Waals surface area contributed by atoms with Gasteiger partial charge in [0.05, 0.1) is 11.1 Å². The van der Waals surface area contributed by atoms with Gasteiger partial charge in [-0.2, -0.15) is 5.26 Å². The van der Waals surface area contributed by atoms with E-state index in [1.165, 1.54) is 12.8 Å². The zero-order valence-corrected chi connectivity index (χ0v) is 11.5. The molecule has 4 heteroatoms. The van der Waals surface area contributed by atoms with Gasteiger partial charge in [0.25, 0.3) is 0 Å². The molecular formula is C16H17N3O. The molecule has 1 aromatic carbocycles. The van der Waals surface area contributed by atoms with Crippen LogP contribution in [0.1, 0.15) is 18.4 Å². The molecule has 1 saturated carbocycles. The molecule has 0 unspecified atom stereocenters. The summed E-state index contributed by atoms with van der Waals surface area (Å²) < 4.78 is 5.70. The van der Waals surface area contributed by atoms with Gasteiger partial charge in [-0.3, -0.25) is 0 Å². The first kappa shape index (κ1) is 12.9. The van der Waals surface area contributed by atoms with E-state index in [1.807, 2.05) is 24.3 Å². The number of likely N-dealkylation sites (N-methyl/N-ethyl adjacent to an activating group) is 1. The van der Waals surface area contributed by atoms with Crippen LogP contribution in [-0.2, 0) is 0 Å². The van der Waals surface area contributed by atoms with Crippen LogP contribution in [0.15, 0.2) is 30.3 Å². The van der Waals surface area contributed by atoms with Gasteiger partial charge in [-0.15, -0.1) is 0 Å². The lowest BCUT2D eigenvalue weighted by Gasteiger charge is -2.15. The Morgan fingerprint density at radius 2 is 2.20 bits per heavy atom. The molecule has 0 bridgehead atoms. The molecule has 2 aromatic rings. The van der Waals surface area contributed by atoms with Crippen molar-refractivity contribution in [3.63, 3.8) is 0 Å². The molecule has 1 aliphatic carbocycles. The Kier molecular flexibility index (Phi) is 3.53. The predicted molar refractivity (Wildman–Crippen MR) is 77.6 cm³/mol. The summed E-state index contributed by atoms with van der Waals surface area (Å²) in [5.41, 5.74) is 1.42. The summed E-state index contributed by atoms with van der Waals surface area (Å²) in [6, 6.07) is 12.3. The molecule has 0 atom stereocenters. The topological polar surface area (TPSA) is 49.1 Å². The quantitative estimate of drug-likeness (QED) is 0.835. The molecule has 0 N–H and O–H groups in total. The highest BCUT2D eigenvalue weighted by Crippen LogP contribution is 2.25. The molecule has 1 aromatic heterocycles. The van der Waals surface area contributed by atoms with Crippen LogP contribution in [0.4, 0.5) is 0 Å². The number of nitriles is 1. The Balaban J connectivity index is 1.73. The number of para-hydroxylation sites is 1. The zero-order chi connectivity index (χ0) is 13.9. The van der Waals surface area contributed by atoms with Crippen molar-refractivity contribution in [1.29, 1.82) is 5.26 Å². The monoisotopic (exact) mass is 267 g/mol. The van der Waals surface area contributed by atoms with E-state index in [-0.39, 0.29) is 0 Å². The lowest BCUT2D eigenvalue weighted by Crippen LogP contribution is -2.26. The van der Waals surface area contributed by atoms with Crippen LogP contribution >= 0.6 is 0 Å². The molecule has 0 radical (unpaired) electrons. The first-order chi connectivity index (χ1) is 9.78. The number of pyridine rings is 1. The van der Waals surface area contributed by atoms with Crippen molar-refractivity contribution in [2.75, 3.05) is 20.2 Å². The van der Waals surface area contributed by atoms with Crippen LogP contribution in [0.25, 0.3) is 10.9 Å². The average molecular weight is 267 g/mol. The number of aromatic nitrogens is 1.